The second-order valence-corrected chi connectivity index (χ2v) is 6.95. The van der Waals surface area contributed by atoms with E-state index in [-0.39, 0.29) is 18.4 Å². The summed E-state index contributed by atoms with van der Waals surface area (Å²) in [5, 5.41) is 22.2. The number of carbonyl (C=O) groups excluding carboxylic acids is 1. The van der Waals surface area contributed by atoms with Crippen molar-refractivity contribution in [3.63, 3.8) is 0 Å². The summed E-state index contributed by atoms with van der Waals surface area (Å²) >= 11 is 0. The second kappa shape index (κ2) is 7.18. The Morgan fingerprint density at radius 2 is 2.08 bits per heavy atom. The fourth-order valence-corrected chi connectivity index (χ4v) is 3.68. The first kappa shape index (κ1) is 16.7. The highest BCUT2D eigenvalue weighted by Crippen LogP contribution is 2.32. The number of hydrogen-bond acceptors (Lipinski definition) is 5. The summed E-state index contributed by atoms with van der Waals surface area (Å²) in [6.45, 7) is 1.65. The molecule has 2 fully saturated rings. The summed E-state index contributed by atoms with van der Waals surface area (Å²) in [5.41, 5.74) is -0.220. The van der Waals surface area contributed by atoms with Gasteiger partial charge in [0.1, 0.15) is 11.9 Å². The molecule has 0 radical (unpaired) electrons. The van der Waals surface area contributed by atoms with Crippen LogP contribution in [0.2, 0.25) is 0 Å². The summed E-state index contributed by atoms with van der Waals surface area (Å²) in [7, 11) is 0. The van der Waals surface area contributed by atoms with Crippen molar-refractivity contribution < 1.29 is 9.90 Å². The lowest BCUT2D eigenvalue weighted by Crippen LogP contribution is -2.46. The highest BCUT2D eigenvalue weighted by molar-refractivity contribution is 5.77. The Kier molecular flexibility index (Phi) is 5.00. The zero-order valence-electron chi connectivity index (χ0n) is 13.9. The lowest BCUT2D eigenvalue weighted by atomic mass is 9.97. The highest BCUT2D eigenvalue weighted by Gasteiger charge is 2.34. The van der Waals surface area contributed by atoms with E-state index in [0.29, 0.717) is 5.56 Å². The molecule has 2 heterocycles. The number of nitrogens with zero attached hydrogens (tertiary/aromatic N) is 3. The van der Waals surface area contributed by atoms with Crippen LogP contribution in [0.1, 0.15) is 50.5 Å². The minimum atomic E-state index is -0.781. The third-order valence-corrected chi connectivity index (χ3v) is 5.08. The first-order chi connectivity index (χ1) is 11.6. The zero-order chi connectivity index (χ0) is 17.0. The fourth-order valence-electron chi connectivity index (χ4n) is 3.68. The molecule has 0 unspecified atom stereocenters. The first-order valence-corrected chi connectivity index (χ1v) is 8.71. The number of pyridine rings is 1. The van der Waals surface area contributed by atoms with Crippen LogP contribution in [-0.2, 0) is 4.79 Å². The number of amides is 1. The first-order valence-electron chi connectivity index (χ1n) is 8.71. The number of rotatable bonds is 4. The lowest BCUT2D eigenvalue weighted by Gasteiger charge is -2.33. The van der Waals surface area contributed by atoms with E-state index < -0.39 is 5.60 Å². The molecular weight excluding hydrogens is 304 g/mol. The van der Waals surface area contributed by atoms with Gasteiger partial charge in [0.05, 0.1) is 17.6 Å². The molecule has 6 heteroatoms. The Balaban J connectivity index is 1.46. The molecule has 1 aromatic rings. The van der Waals surface area contributed by atoms with Crippen molar-refractivity contribution in [1.29, 1.82) is 5.26 Å². The van der Waals surface area contributed by atoms with Crippen molar-refractivity contribution in [2.75, 3.05) is 18.0 Å². The molecule has 0 aromatic carbocycles. The van der Waals surface area contributed by atoms with Crippen molar-refractivity contribution in [1.82, 2.24) is 10.3 Å². The van der Waals surface area contributed by atoms with Crippen molar-refractivity contribution in [3.8, 4) is 6.07 Å². The maximum Gasteiger partial charge on any atom is 0.223 e. The predicted octanol–water partition coefficient (Wildman–Crippen LogP) is 1.73. The molecule has 0 atom stereocenters. The van der Waals surface area contributed by atoms with Gasteiger partial charge >= 0.3 is 0 Å². The Morgan fingerprint density at radius 1 is 1.38 bits per heavy atom. The van der Waals surface area contributed by atoms with E-state index in [1.807, 2.05) is 6.07 Å². The number of nitriles is 1. The summed E-state index contributed by atoms with van der Waals surface area (Å²) in [6, 6.07) is 5.88. The molecule has 2 N–H and O–H groups in total. The summed E-state index contributed by atoms with van der Waals surface area (Å²) in [6.07, 6.45) is 7.06. The SMILES string of the molecule is N#Cc1ccc(N2CCC(NC(=O)CC3(O)CCCC3)CC2)nc1. The predicted molar refractivity (Wildman–Crippen MR) is 90.4 cm³/mol. The van der Waals surface area contributed by atoms with Crippen LogP contribution in [0.5, 0.6) is 0 Å². The van der Waals surface area contributed by atoms with Gasteiger partial charge in [0.15, 0.2) is 0 Å². The van der Waals surface area contributed by atoms with Gasteiger partial charge < -0.3 is 15.3 Å². The summed E-state index contributed by atoms with van der Waals surface area (Å²) in [4.78, 5) is 18.7. The molecule has 1 aromatic heterocycles. The molecule has 0 spiro atoms. The van der Waals surface area contributed by atoms with E-state index in [4.69, 9.17) is 5.26 Å². The Hall–Kier alpha value is -2.13. The van der Waals surface area contributed by atoms with Crippen LogP contribution in [0, 0.1) is 11.3 Å². The standard InChI is InChI=1S/C18H24N4O2/c19-12-14-3-4-16(20-13-14)22-9-5-15(6-10-22)21-17(23)11-18(24)7-1-2-8-18/h3-4,13,15,24H,1-2,5-11H2,(H,21,23). The molecule has 1 amide bonds. The van der Waals surface area contributed by atoms with Gasteiger partial charge in [0.2, 0.25) is 5.91 Å². The molecule has 3 rings (SSSR count). The Morgan fingerprint density at radius 3 is 2.67 bits per heavy atom. The van der Waals surface area contributed by atoms with E-state index in [0.717, 1.165) is 57.4 Å². The third kappa shape index (κ3) is 4.04. The van der Waals surface area contributed by atoms with Crippen LogP contribution in [0.4, 0.5) is 5.82 Å². The molecule has 1 saturated carbocycles. The maximum atomic E-state index is 12.2. The molecule has 6 nitrogen and oxygen atoms in total. The van der Waals surface area contributed by atoms with Gasteiger partial charge in [-0.1, -0.05) is 12.8 Å². The smallest absolute Gasteiger partial charge is 0.223 e. The zero-order valence-corrected chi connectivity index (χ0v) is 13.9. The van der Waals surface area contributed by atoms with Gasteiger partial charge in [-0.25, -0.2) is 4.98 Å². The van der Waals surface area contributed by atoms with E-state index in [1.165, 1.54) is 0 Å². The molecule has 128 valence electrons. The monoisotopic (exact) mass is 328 g/mol. The van der Waals surface area contributed by atoms with Crippen LogP contribution in [-0.4, -0.2) is 40.7 Å². The number of nitrogens with one attached hydrogen (secondary N) is 1. The van der Waals surface area contributed by atoms with E-state index in [2.05, 4.69) is 21.3 Å². The van der Waals surface area contributed by atoms with Gasteiger partial charge in [-0.2, -0.15) is 5.26 Å². The maximum absolute atomic E-state index is 12.2. The lowest BCUT2D eigenvalue weighted by molar-refractivity contribution is -0.126. The topological polar surface area (TPSA) is 89.2 Å². The average Bonchev–Trinajstić information content (AvgIpc) is 3.01. The Bertz CT molecular complexity index is 609. The van der Waals surface area contributed by atoms with Crippen LogP contribution >= 0.6 is 0 Å². The molecule has 1 aliphatic carbocycles. The second-order valence-electron chi connectivity index (χ2n) is 6.95. The largest absolute Gasteiger partial charge is 0.389 e. The van der Waals surface area contributed by atoms with Crippen LogP contribution in [0.3, 0.4) is 0 Å². The average molecular weight is 328 g/mol. The molecule has 0 bridgehead atoms. The van der Waals surface area contributed by atoms with Gasteiger partial charge in [-0.05, 0) is 37.8 Å². The van der Waals surface area contributed by atoms with Gasteiger partial charge in [0, 0.05) is 25.3 Å². The third-order valence-electron chi connectivity index (χ3n) is 5.08. The fraction of sp³-hybridized carbons (Fsp3) is 0.611. The number of carbonyl (C=O) groups is 1. The summed E-state index contributed by atoms with van der Waals surface area (Å²) < 4.78 is 0. The number of anilines is 1. The number of aromatic nitrogens is 1. The number of aliphatic hydroxyl groups is 1. The minimum absolute atomic E-state index is 0.0330. The Labute approximate surface area is 142 Å². The van der Waals surface area contributed by atoms with Crippen LogP contribution in [0.25, 0.3) is 0 Å². The molecule has 1 saturated heterocycles. The number of hydrogen-bond donors (Lipinski definition) is 2. The van der Waals surface area contributed by atoms with Crippen molar-refractivity contribution in [2.45, 2.75) is 56.6 Å². The quantitative estimate of drug-likeness (QED) is 0.879. The molecule has 1 aliphatic heterocycles. The van der Waals surface area contributed by atoms with Crippen LogP contribution < -0.4 is 10.2 Å². The van der Waals surface area contributed by atoms with Crippen LogP contribution in [0.15, 0.2) is 18.3 Å². The molecule has 24 heavy (non-hydrogen) atoms. The van der Waals surface area contributed by atoms with Crippen molar-refractivity contribution >= 4 is 11.7 Å². The van der Waals surface area contributed by atoms with Gasteiger partial charge in [-0.15, -0.1) is 0 Å². The van der Waals surface area contributed by atoms with Crippen molar-refractivity contribution in [2.24, 2.45) is 0 Å². The van der Waals surface area contributed by atoms with Gasteiger partial charge in [-0.3, -0.25) is 4.79 Å². The van der Waals surface area contributed by atoms with Gasteiger partial charge in [0.25, 0.3) is 0 Å². The molecular formula is C18H24N4O2. The van der Waals surface area contributed by atoms with E-state index >= 15 is 0 Å². The number of piperidine rings is 1. The minimum Gasteiger partial charge on any atom is -0.389 e. The summed E-state index contributed by atoms with van der Waals surface area (Å²) in [5.74, 6) is 0.841. The highest BCUT2D eigenvalue weighted by atomic mass is 16.3. The normalized spacial score (nSPS) is 20.6. The van der Waals surface area contributed by atoms with E-state index in [9.17, 15) is 9.90 Å². The molecule has 2 aliphatic rings. The van der Waals surface area contributed by atoms with Crippen molar-refractivity contribution in [3.05, 3.63) is 23.9 Å². The van der Waals surface area contributed by atoms with E-state index in [1.54, 1.807) is 12.3 Å².